The standard InChI is InChI=1S/C18H22N6O/c1-22-10-5-8-14(22)15-7-3-2-4-11-23(15)17(25)13-16-20-18-19-9-6-12-24(18)21-16/h5-6,8-10,12,15H,2-4,7,11,13H2,1H3/t15-/m1/s1. The first-order valence-corrected chi connectivity index (χ1v) is 8.79. The van der Waals surface area contributed by atoms with Gasteiger partial charge in [0.1, 0.15) is 0 Å². The van der Waals surface area contributed by atoms with E-state index in [2.05, 4.69) is 25.7 Å². The molecule has 0 saturated carbocycles. The Kier molecular flexibility index (Phi) is 4.21. The van der Waals surface area contributed by atoms with Gasteiger partial charge in [0.2, 0.25) is 5.91 Å². The molecule has 0 aromatic carbocycles. The highest BCUT2D eigenvalue weighted by Crippen LogP contribution is 2.30. The molecule has 0 unspecified atom stereocenters. The van der Waals surface area contributed by atoms with E-state index < -0.39 is 0 Å². The largest absolute Gasteiger partial charge is 0.353 e. The molecule has 4 heterocycles. The number of amides is 1. The van der Waals surface area contributed by atoms with Crippen LogP contribution in [-0.2, 0) is 18.3 Å². The van der Waals surface area contributed by atoms with Crippen LogP contribution in [0.4, 0.5) is 0 Å². The van der Waals surface area contributed by atoms with E-state index in [0.717, 1.165) is 25.8 Å². The Morgan fingerprint density at radius 3 is 2.96 bits per heavy atom. The van der Waals surface area contributed by atoms with Crippen LogP contribution < -0.4 is 0 Å². The van der Waals surface area contributed by atoms with Gasteiger partial charge in [-0.1, -0.05) is 12.8 Å². The number of rotatable bonds is 3. The van der Waals surface area contributed by atoms with Crippen molar-refractivity contribution in [2.45, 2.75) is 38.1 Å². The highest BCUT2D eigenvalue weighted by atomic mass is 16.2. The van der Waals surface area contributed by atoms with Crippen LogP contribution in [-0.4, -0.2) is 41.5 Å². The maximum absolute atomic E-state index is 13.0. The van der Waals surface area contributed by atoms with Crippen molar-refractivity contribution in [3.8, 4) is 0 Å². The molecular weight excluding hydrogens is 316 g/mol. The van der Waals surface area contributed by atoms with Crippen molar-refractivity contribution in [1.29, 1.82) is 0 Å². The molecule has 3 aromatic heterocycles. The van der Waals surface area contributed by atoms with Crippen molar-refractivity contribution in [2.75, 3.05) is 6.54 Å². The lowest BCUT2D eigenvalue weighted by molar-refractivity contribution is -0.133. The Bertz CT molecular complexity index is 849. The Morgan fingerprint density at radius 2 is 2.16 bits per heavy atom. The molecule has 1 fully saturated rings. The number of fused-ring (bicyclic) bond motifs is 1. The van der Waals surface area contributed by atoms with E-state index in [4.69, 9.17) is 0 Å². The summed E-state index contributed by atoms with van der Waals surface area (Å²) in [6.07, 6.45) is 10.1. The summed E-state index contributed by atoms with van der Waals surface area (Å²) in [6, 6.07) is 6.08. The predicted octanol–water partition coefficient (Wildman–Crippen LogP) is 2.15. The summed E-state index contributed by atoms with van der Waals surface area (Å²) < 4.78 is 3.73. The quantitative estimate of drug-likeness (QED) is 0.734. The van der Waals surface area contributed by atoms with Gasteiger partial charge in [0, 0.05) is 37.9 Å². The van der Waals surface area contributed by atoms with Gasteiger partial charge in [0.05, 0.1) is 12.5 Å². The number of hydrogen-bond acceptors (Lipinski definition) is 4. The van der Waals surface area contributed by atoms with Crippen LogP contribution in [0.3, 0.4) is 0 Å². The van der Waals surface area contributed by atoms with Crippen molar-refractivity contribution in [1.82, 2.24) is 29.0 Å². The van der Waals surface area contributed by atoms with Crippen LogP contribution >= 0.6 is 0 Å². The number of carbonyl (C=O) groups excluding carboxylic acids is 1. The molecule has 1 aliphatic heterocycles. The maximum atomic E-state index is 13.0. The molecule has 7 nitrogen and oxygen atoms in total. The van der Waals surface area contributed by atoms with E-state index in [1.807, 2.05) is 24.2 Å². The van der Waals surface area contributed by atoms with Gasteiger partial charge < -0.3 is 9.47 Å². The molecule has 0 N–H and O–H groups in total. The zero-order chi connectivity index (χ0) is 17.2. The molecule has 0 radical (unpaired) electrons. The third kappa shape index (κ3) is 3.14. The van der Waals surface area contributed by atoms with Gasteiger partial charge in [-0.25, -0.2) is 9.50 Å². The first kappa shape index (κ1) is 15.8. The van der Waals surface area contributed by atoms with Crippen LogP contribution in [0.5, 0.6) is 0 Å². The molecular formula is C18H22N6O. The number of hydrogen-bond donors (Lipinski definition) is 0. The van der Waals surface area contributed by atoms with Crippen LogP contribution in [0, 0.1) is 0 Å². The van der Waals surface area contributed by atoms with Gasteiger partial charge in [-0.3, -0.25) is 4.79 Å². The van der Waals surface area contributed by atoms with E-state index >= 15 is 0 Å². The van der Waals surface area contributed by atoms with Crippen LogP contribution in [0.15, 0.2) is 36.8 Å². The van der Waals surface area contributed by atoms with Gasteiger partial charge in [0.15, 0.2) is 5.82 Å². The number of likely N-dealkylation sites (tertiary alicyclic amines) is 1. The van der Waals surface area contributed by atoms with E-state index in [0.29, 0.717) is 11.6 Å². The molecule has 1 amide bonds. The molecule has 1 saturated heterocycles. The second kappa shape index (κ2) is 6.66. The molecule has 130 valence electrons. The minimum Gasteiger partial charge on any atom is -0.353 e. The van der Waals surface area contributed by atoms with Gasteiger partial charge in [-0.15, -0.1) is 5.10 Å². The highest BCUT2D eigenvalue weighted by Gasteiger charge is 2.28. The van der Waals surface area contributed by atoms with Crippen LogP contribution in [0.25, 0.3) is 5.78 Å². The van der Waals surface area contributed by atoms with Gasteiger partial charge in [-0.05, 0) is 31.0 Å². The Labute approximate surface area is 146 Å². The molecule has 4 rings (SSSR count). The Hall–Kier alpha value is -2.70. The summed E-state index contributed by atoms with van der Waals surface area (Å²) in [6.45, 7) is 0.792. The zero-order valence-electron chi connectivity index (χ0n) is 14.4. The summed E-state index contributed by atoms with van der Waals surface area (Å²) in [5.41, 5.74) is 1.19. The Balaban J connectivity index is 1.58. The first-order valence-electron chi connectivity index (χ1n) is 8.79. The summed E-state index contributed by atoms with van der Waals surface area (Å²) in [5.74, 6) is 1.14. The molecule has 0 spiro atoms. The summed E-state index contributed by atoms with van der Waals surface area (Å²) in [5, 5.41) is 4.37. The number of carbonyl (C=O) groups is 1. The molecule has 3 aromatic rings. The van der Waals surface area contributed by atoms with Gasteiger partial charge in [-0.2, -0.15) is 4.98 Å². The SMILES string of the molecule is Cn1cccc1[C@H]1CCCCCN1C(=O)Cc1nc2ncccn2n1. The van der Waals surface area contributed by atoms with E-state index in [1.54, 1.807) is 23.0 Å². The minimum absolute atomic E-state index is 0.0870. The molecule has 1 atom stereocenters. The second-order valence-electron chi connectivity index (χ2n) is 6.57. The molecule has 1 aliphatic rings. The zero-order valence-corrected chi connectivity index (χ0v) is 14.4. The fourth-order valence-corrected chi connectivity index (χ4v) is 3.62. The number of aromatic nitrogens is 5. The smallest absolute Gasteiger partial charge is 0.252 e. The molecule has 7 heteroatoms. The lowest BCUT2D eigenvalue weighted by Crippen LogP contribution is -2.36. The lowest BCUT2D eigenvalue weighted by Gasteiger charge is -2.30. The second-order valence-corrected chi connectivity index (χ2v) is 6.57. The van der Waals surface area contributed by atoms with Crippen LogP contribution in [0.1, 0.15) is 43.2 Å². The van der Waals surface area contributed by atoms with Gasteiger partial charge >= 0.3 is 0 Å². The average Bonchev–Trinajstić information content (AvgIpc) is 3.12. The van der Waals surface area contributed by atoms with E-state index in [-0.39, 0.29) is 18.4 Å². The van der Waals surface area contributed by atoms with Crippen molar-refractivity contribution < 1.29 is 4.79 Å². The fourth-order valence-electron chi connectivity index (χ4n) is 3.62. The summed E-state index contributed by atoms with van der Waals surface area (Å²) >= 11 is 0. The lowest BCUT2D eigenvalue weighted by atomic mass is 10.1. The normalized spacial score (nSPS) is 18.4. The molecule has 0 aliphatic carbocycles. The maximum Gasteiger partial charge on any atom is 0.252 e. The van der Waals surface area contributed by atoms with Crippen molar-refractivity contribution in [2.24, 2.45) is 7.05 Å². The summed E-state index contributed by atoms with van der Waals surface area (Å²) in [4.78, 5) is 23.6. The van der Waals surface area contributed by atoms with Crippen LogP contribution in [0.2, 0.25) is 0 Å². The predicted molar refractivity (Wildman–Crippen MR) is 92.8 cm³/mol. The number of aryl methyl sites for hydroxylation is 1. The minimum atomic E-state index is 0.0870. The monoisotopic (exact) mass is 338 g/mol. The van der Waals surface area contributed by atoms with Gasteiger partial charge in [0.25, 0.3) is 5.78 Å². The Morgan fingerprint density at radius 1 is 1.24 bits per heavy atom. The van der Waals surface area contributed by atoms with Crippen molar-refractivity contribution >= 4 is 11.7 Å². The van der Waals surface area contributed by atoms with Crippen molar-refractivity contribution in [3.63, 3.8) is 0 Å². The summed E-state index contributed by atoms with van der Waals surface area (Å²) in [7, 11) is 2.04. The average molecular weight is 338 g/mol. The first-order chi connectivity index (χ1) is 12.2. The van der Waals surface area contributed by atoms with E-state index in [9.17, 15) is 4.79 Å². The molecule has 0 bridgehead atoms. The number of nitrogens with zero attached hydrogens (tertiary/aromatic N) is 6. The molecule has 25 heavy (non-hydrogen) atoms. The topological polar surface area (TPSA) is 68.3 Å². The third-order valence-electron chi connectivity index (χ3n) is 4.87. The highest BCUT2D eigenvalue weighted by molar-refractivity contribution is 5.78. The third-order valence-corrected chi connectivity index (χ3v) is 4.87. The van der Waals surface area contributed by atoms with Crippen molar-refractivity contribution in [3.05, 3.63) is 48.3 Å². The van der Waals surface area contributed by atoms with E-state index in [1.165, 1.54) is 12.1 Å². The fraction of sp³-hybridized carbons (Fsp3) is 0.444.